The van der Waals surface area contributed by atoms with Gasteiger partial charge in [-0.1, -0.05) is 11.6 Å². The molecule has 3 aromatic rings. The fourth-order valence-corrected chi connectivity index (χ4v) is 5.42. The number of halogens is 1. The zero-order valence-corrected chi connectivity index (χ0v) is 21.6. The van der Waals surface area contributed by atoms with Gasteiger partial charge in [0, 0.05) is 79.7 Å². The highest BCUT2D eigenvalue weighted by atomic mass is 35.5. The molecule has 0 aliphatic carbocycles. The zero-order chi connectivity index (χ0) is 25.9. The summed E-state index contributed by atoms with van der Waals surface area (Å²) in [5.41, 5.74) is 3.17. The van der Waals surface area contributed by atoms with Crippen LogP contribution in [0.1, 0.15) is 30.1 Å². The first-order valence-electron chi connectivity index (χ1n) is 12.6. The fourth-order valence-electron chi connectivity index (χ4n) is 5.25. The van der Waals surface area contributed by atoms with Gasteiger partial charge >= 0.3 is 0 Å². The van der Waals surface area contributed by atoms with Crippen LogP contribution < -0.4 is 10.2 Å². The van der Waals surface area contributed by atoms with E-state index in [4.69, 9.17) is 11.6 Å². The van der Waals surface area contributed by atoms with Crippen LogP contribution in [0.5, 0.6) is 0 Å². The molecule has 1 unspecified atom stereocenters. The second kappa shape index (κ2) is 10.8. The number of rotatable bonds is 4. The number of hydrogen-bond acceptors (Lipinski definition) is 5. The van der Waals surface area contributed by atoms with Crippen molar-refractivity contribution in [1.29, 1.82) is 0 Å². The summed E-state index contributed by atoms with van der Waals surface area (Å²) in [5.74, 6) is -0.297. The van der Waals surface area contributed by atoms with Crippen LogP contribution in [0.3, 0.4) is 0 Å². The molecular formula is C28H30ClN5O3. The number of nitrogens with one attached hydrogen (secondary N) is 1. The Morgan fingerprint density at radius 3 is 2.43 bits per heavy atom. The number of fused-ring (bicyclic) bond motifs is 1. The highest BCUT2D eigenvalue weighted by molar-refractivity contribution is 6.31. The largest absolute Gasteiger partial charge is 0.367 e. The molecule has 2 aliphatic heterocycles. The highest BCUT2D eigenvalue weighted by Crippen LogP contribution is 2.29. The van der Waals surface area contributed by atoms with Gasteiger partial charge in [0.1, 0.15) is 0 Å². The molecule has 0 saturated carbocycles. The van der Waals surface area contributed by atoms with Crippen molar-refractivity contribution >= 4 is 51.6 Å². The molecule has 3 heterocycles. The van der Waals surface area contributed by atoms with E-state index < -0.39 is 0 Å². The molecule has 9 heteroatoms. The molecule has 5 rings (SSSR count). The van der Waals surface area contributed by atoms with E-state index in [0.717, 1.165) is 42.5 Å². The second-order valence-electron chi connectivity index (χ2n) is 9.65. The summed E-state index contributed by atoms with van der Waals surface area (Å²) in [6.45, 7) is 5.29. The summed E-state index contributed by atoms with van der Waals surface area (Å²) in [6, 6.07) is 14.6. The lowest BCUT2D eigenvalue weighted by atomic mass is 9.95. The minimum absolute atomic E-state index is 0.0821. The summed E-state index contributed by atoms with van der Waals surface area (Å²) in [4.78, 5) is 48.2. The molecule has 1 N–H and O–H groups in total. The number of aromatic nitrogens is 1. The van der Waals surface area contributed by atoms with E-state index in [9.17, 15) is 14.4 Å². The zero-order valence-electron chi connectivity index (χ0n) is 20.8. The Kier molecular flexibility index (Phi) is 7.28. The minimum Gasteiger partial charge on any atom is -0.367 e. The maximum Gasteiger partial charge on any atom is 0.253 e. The van der Waals surface area contributed by atoms with Crippen LogP contribution in [0, 0.1) is 5.92 Å². The number of piperidine rings is 1. The maximum absolute atomic E-state index is 13.4. The molecule has 2 aliphatic rings. The lowest BCUT2D eigenvalue weighted by molar-refractivity contribution is -0.137. The van der Waals surface area contributed by atoms with Gasteiger partial charge in [-0.2, -0.15) is 0 Å². The molecule has 1 aromatic heterocycles. The molecule has 2 saturated heterocycles. The van der Waals surface area contributed by atoms with Crippen molar-refractivity contribution in [3.63, 3.8) is 0 Å². The fraction of sp³-hybridized carbons (Fsp3) is 0.357. The number of piperazine rings is 1. The van der Waals surface area contributed by atoms with Crippen molar-refractivity contribution in [1.82, 2.24) is 14.8 Å². The van der Waals surface area contributed by atoms with Crippen LogP contribution in [0.4, 0.5) is 11.4 Å². The number of amides is 3. The average Bonchev–Trinajstić information content (AvgIpc) is 2.92. The van der Waals surface area contributed by atoms with Crippen LogP contribution in [0.15, 0.2) is 54.7 Å². The van der Waals surface area contributed by atoms with Crippen molar-refractivity contribution in [2.75, 3.05) is 49.5 Å². The van der Waals surface area contributed by atoms with Gasteiger partial charge in [-0.3, -0.25) is 19.4 Å². The molecule has 37 heavy (non-hydrogen) atoms. The van der Waals surface area contributed by atoms with Gasteiger partial charge in [-0.05, 0) is 61.4 Å². The van der Waals surface area contributed by atoms with E-state index in [1.807, 2.05) is 29.2 Å². The van der Waals surface area contributed by atoms with E-state index in [1.165, 1.54) is 6.92 Å². The number of likely N-dealkylation sites (tertiary alicyclic amines) is 1. The van der Waals surface area contributed by atoms with Crippen LogP contribution in [0.25, 0.3) is 10.9 Å². The first-order chi connectivity index (χ1) is 17.9. The third-order valence-corrected chi connectivity index (χ3v) is 7.36. The Hall–Kier alpha value is -3.65. The third-order valence-electron chi connectivity index (χ3n) is 7.12. The normalized spacial score (nSPS) is 18.1. The quantitative estimate of drug-likeness (QED) is 0.562. The van der Waals surface area contributed by atoms with Crippen molar-refractivity contribution in [2.24, 2.45) is 5.92 Å². The van der Waals surface area contributed by atoms with Crippen LogP contribution in [-0.4, -0.2) is 71.8 Å². The summed E-state index contributed by atoms with van der Waals surface area (Å²) in [6.07, 6.45) is 3.39. The predicted octanol–water partition coefficient (Wildman–Crippen LogP) is 4.05. The van der Waals surface area contributed by atoms with Gasteiger partial charge in [-0.25, -0.2) is 0 Å². The van der Waals surface area contributed by atoms with Crippen LogP contribution in [-0.2, 0) is 9.59 Å². The number of nitrogens with zero attached hydrogens (tertiary/aromatic N) is 4. The van der Waals surface area contributed by atoms with Gasteiger partial charge in [0.25, 0.3) is 5.91 Å². The topological polar surface area (TPSA) is 85.8 Å². The van der Waals surface area contributed by atoms with Gasteiger partial charge < -0.3 is 20.0 Å². The number of carbonyl (C=O) groups excluding carboxylic acids is 3. The number of benzene rings is 2. The molecule has 0 bridgehead atoms. The SMILES string of the molecule is CC(=O)Nc1ccc(C(=O)N2CCCC(C(=O)N3CCN(c4ccnc5cc(Cl)ccc45)CC3)C2)cc1. The Balaban J connectivity index is 1.19. The van der Waals surface area contributed by atoms with Crippen molar-refractivity contribution in [3.05, 3.63) is 65.3 Å². The van der Waals surface area contributed by atoms with Gasteiger partial charge in [0.15, 0.2) is 0 Å². The van der Waals surface area contributed by atoms with Gasteiger partial charge in [0.05, 0.1) is 11.4 Å². The Morgan fingerprint density at radius 1 is 0.946 bits per heavy atom. The van der Waals surface area contributed by atoms with Crippen molar-refractivity contribution in [2.45, 2.75) is 19.8 Å². The molecule has 2 aromatic carbocycles. The molecule has 2 fully saturated rings. The molecule has 0 radical (unpaired) electrons. The molecule has 3 amide bonds. The molecule has 0 spiro atoms. The molecular weight excluding hydrogens is 490 g/mol. The first-order valence-corrected chi connectivity index (χ1v) is 13.0. The lowest BCUT2D eigenvalue weighted by Gasteiger charge is -2.40. The third kappa shape index (κ3) is 5.54. The first kappa shape index (κ1) is 25.0. The predicted molar refractivity (Wildman–Crippen MR) is 145 cm³/mol. The summed E-state index contributed by atoms with van der Waals surface area (Å²) < 4.78 is 0. The smallest absolute Gasteiger partial charge is 0.253 e. The van der Waals surface area contributed by atoms with Crippen molar-refractivity contribution in [3.8, 4) is 0 Å². The number of anilines is 2. The monoisotopic (exact) mass is 519 g/mol. The standard InChI is InChI=1S/C28H30ClN5O3/c1-19(35)31-23-7-4-20(5-8-23)27(36)34-12-2-3-21(18-34)28(37)33-15-13-32(14-16-33)26-10-11-30-25-17-22(29)6-9-24(25)26/h4-11,17,21H,2-3,12-16,18H2,1H3,(H,31,35). The van der Waals surface area contributed by atoms with E-state index >= 15 is 0 Å². The molecule has 8 nitrogen and oxygen atoms in total. The lowest BCUT2D eigenvalue weighted by Crippen LogP contribution is -2.53. The van der Waals surface area contributed by atoms with Gasteiger partial charge in [0.2, 0.25) is 11.8 Å². The van der Waals surface area contributed by atoms with E-state index in [-0.39, 0.29) is 23.6 Å². The van der Waals surface area contributed by atoms with Gasteiger partial charge in [-0.15, -0.1) is 0 Å². The average molecular weight is 520 g/mol. The van der Waals surface area contributed by atoms with E-state index in [0.29, 0.717) is 42.5 Å². The minimum atomic E-state index is -0.188. The number of hydrogen-bond donors (Lipinski definition) is 1. The van der Waals surface area contributed by atoms with Crippen molar-refractivity contribution < 1.29 is 14.4 Å². The van der Waals surface area contributed by atoms with Crippen LogP contribution >= 0.6 is 11.6 Å². The summed E-state index contributed by atoms with van der Waals surface area (Å²) >= 11 is 6.14. The highest BCUT2D eigenvalue weighted by Gasteiger charge is 2.33. The Morgan fingerprint density at radius 2 is 1.70 bits per heavy atom. The maximum atomic E-state index is 13.4. The summed E-state index contributed by atoms with van der Waals surface area (Å²) in [7, 11) is 0. The number of carbonyl (C=O) groups is 3. The Labute approximate surface area is 221 Å². The van der Waals surface area contributed by atoms with Crippen LogP contribution in [0.2, 0.25) is 5.02 Å². The molecule has 1 atom stereocenters. The summed E-state index contributed by atoms with van der Waals surface area (Å²) in [5, 5.41) is 4.42. The van der Waals surface area contributed by atoms with E-state index in [2.05, 4.69) is 15.2 Å². The molecule has 192 valence electrons. The van der Waals surface area contributed by atoms with E-state index in [1.54, 1.807) is 35.4 Å². The second-order valence-corrected chi connectivity index (χ2v) is 10.1. The Bertz CT molecular complexity index is 1320. The number of pyridine rings is 1.